The number of rotatable bonds is 4. The molecule has 0 aliphatic carbocycles. The molecule has 3 heteroatoms. The summed E-state index contributed by atoms with van der Waals surface area (Å²) in [7, 11) is 0. The molecule has 0 aromatic heterocycles. The molecule has 1 fully saturated rings. The molecule has 1 aliphatic rings. The van der Waals surface area contributed by atoms with Crippen molar-refractivity contribution in [2.24, 2.45) is 0 Å². The maximum Gasteiger partial charge on any atom is 0.0545 e. The molecular formula is C9H16N2S. The van der Waals surface area contributed by atoms with Crippen LogP contribution in [0.5, 0.6) is 0 Å². The molecular weight excluding hydrogens is 168 g/mol. The van der Waals surface area contributed by atoms with Gasteiger partial charge in [-0.25, -0.2) is 0 Å². The first-order valence-electron chi connectivity index (χ1n) is 4.38. The highest BCUT2D eigenvalue weighted by Crippen LogP contribution is 2.00. The summed E-state index contributed by atoms with van der Waals surface area (Å²) in [6, 6.07) is 0. The molecule has 0 unspecified atom stereocenters. The average molecular weight is 184 g/mol. The van der Waals surface area contributed by atoms with Gasteiger partial charge in [0.2, 0.25) is 0 Å². The lowest BCUT2D eigenvalue weighted by atomic mass is 10.4. The summed E-state index contributed by atoms with van der Waals surface area (Å²) in [4.78, 5) is 2.49. The molecule has 0 bridgehead atoms. The van der Waals surface area contributed by atoms with E-state index in [4.69, 9.17) is 6.42 Å². The summed E-state index contributed by atoms with van der Waals surface area (Å²) in [5.41, 5.74) is 0. The van der Waals surface area contributed by atoms with Crippen LogP contribution < -0.4 is 5.32 Å². The molecule has 1 saturated heterocycles. The molecule has 68 valence electrons. The largest absolute Gasteiger partial charge is 0.314 e. The Balaban J connectivity index is 1.95. The highest BCUT2D eigenvalue weighted by molar-refractivity contribution is 7.99. The summed E-state index contributed by atoms with van der Waals surface area (Å²) in [6.07, 6.45) is 5.15. The van der Waals surface area contributed by atoms with Gasteiger partial charge in [-0.3, -0.25) is 4.90 Å². The van der Waals surface area contributed by atoms with Crippen LogP contribution in [-0.4, -0.2) is 49.1 Å². The second-order valence-corrected chi connectivity index (χ2v) is 3.95. The SMILES string of the molecule is C#CCSCCN1CCNCC1. The Morgan fingerprint density at radius 2 is 2.17 bits per heavy atom. The van der Waals surface area contributed by atoms with Gasteiger partial charge in [0.05, 0.1) is 5.75 Å². The van der Waals surface area contributed by atoms with Crippen molar-refractivity contribution in [1.29, 1.82) is 0 Å². The van der Waals surface area contributed by atoms with E-state index in [-0.39, 0.29) is 0 Å². The Bertz CT molecular complexity index is 147. The molecule has 1 rings (SSSR count). The Labute approximate surface area is 79.1 Å². The van der Waals surface area contributed by atoms with Crippen LogP contribution in [0.3, 0.4) is 0 Å². The first kappa shape index (κ1) is 9.91. The molecule has 1 heterocycles. The number of hydrogen-bond acceptors (Lipinski definition) is 3. The van der Waals surface area contributed by atoms with Gasteiger partial charge in [-0.1, -0.05) is 5.92 Å². The zero-order chi connectivity index (χ0) is 8.65. The monoisotopic (exact) mass is 184 g/mol. The Kier molecular flexibility index (Phi) is 5.25. The maximum atomic E-state index is 5.15. The number of terminal acetylenes is 1. The summed E-state index contributed by atoms with van der Waals surface area (Å²) >= 11 is 1.85. The number of nitrogens with zero attached hydrogens (tertiary/aromatic N) is 1. The van der Waals surface area contributed by atoms with Crippen LogP contribution in [0.1, 0.15) is 0 Å². The van der Waals surface area contributed by atoms with Crippen molar-refractivity contribution in [3.8, 4) is 12.3 Å². The van der Waals surface area contributed by atoms with Gasteiger partial charge in [0, 0.05) is 38.5 Å². The van der Waals surface area contributed by atoms with Crippen molar-refractivity contribution < 1.29 is 0 Å². The van der Waals surface area contributed by atoms with Crippen LogP contribution in [0.2, 0.25) is 0 Å². The van der Waals surface area contributed by atoms with Crippen molar-refractivity contribution in [3.05, 3.63) is 0 Å². The summed E-state index contributed by atoms with van der Waals surface area (Å²) < 4.78 is 0. The fourth-order valence-electron chi connectivity index (χ4n) is 1.26. The quantitative estimate of drug-likeness (QED) is 0.498. The number of thioether (sulfide) groups is 1. The lowest BCUT2D eigenvalue weighted by molar-refractivity contribution is 0.255. The molecule has 0 aromatic carbocycles. The molecule has 2 nitrogen and oxygen atoms in total. The van der Waals surface area contributed by atoms with E-state index < -0.39 is 0 Å². The van der Waals surface area contributed by atoms with Crippen molar-refractivity contribution >= 4 is 11.8 Å². The molecule has 0 saturated carbocycles. The van der Waals surface area contributed by atoms with E-state index in [0.29, 0.717) is 0 Å². The fraction of sp³-hybridized carbons (Fsp3) is 0.778. The van der Waals surface area contributed by atoms with E-state index in [2.05, 4.69) is 16.1 Å². The van der Waals surface area contributed by atoms with Crippen LogP contribution in [0, 0.1) is 12.3 Å². The van der Waals surface area contributed by atoms with Gasteiger partial charge in [-0.15, -0.1) is 18.2 Å². The van der Waals surface area contributed by atoms with Crippen LogP contribution >= 0.6 is 11.8 Å². The fourth-order valence-corrected chi connectivity index (χ4v) is 1.91. The van der Waals surface area contributed by atoms with E-state index >= 15 is 0 Å². The summed E-state index contributed by atoms with van der Waals surface area (Å²) in [5.74, 6) is 4.66. The normalized spacial score (nSPS) is 18.9. The molecule has 1 aliphatic heterocycles. The molecule has 12 heavy (non-hydrogen) atoms. The minimum absolute atomic E-state index is 0.853. The first-order valence-corrected chi connectivity index (χ1v) is 5.53. The highest BCUT2D eigenvalue weighted by atomic mass is 32.2. The van der Waals surface area contributed by atoms with Crippen molar-refractivity contribution in [2.45, 2.75) is 0 Å². The van der Waals surface area contributed by atoms with E-state index in [1.54, 1.807) is 0 Å². The lowest BCUT2D eigenvalue weighted by Gasteiger charge is -2.26. The van der Waals surface area contributed by atoms with Gasteiger partial charge in [-0.05, 0) is 0 Å². The van der Waals surface area contributed by atoms with Crippen molar-refractivity contribution in [2.75, 3.05) is 44.2 Å². The standard InChI is InChI=1S/C9H16N2S/c1-2-8-12-9-7-11-5-3-10-4-6-11/h1,10H,3-9H2. The smallest absolute Gasteiger partial charge is 0.0545 e. The third-order valence-corrected chi connectivity index (χ3v) is 2.79. The summed E-state index contributed by atoms with van der Waals surface area (Å²) in [5, 5.41) is 3.34. The van der Waals surface area contributed by atoms with Gasteiger partial charge in [-0.2, -0.15) is 0 Å². The van der Waals surface area contributed by atoms with Crippen LogP contribution in [0.4, 0.5) is 0 Å². The van der Waals surface area contributed by atoms with Crippen LogP contribution in [0.25, 0.3) is 0 Å². The topological polar surface area (TPSA) is 15.3 Å². The van der Waals surface area contributed by atoms with Gasteiger partial charge < -0.3 is 5.32 Å². The first-order chi connectivity index (χ1) is 5.93. The molecule has 0 spiro atoms. The minimum atomic E-state index is 0.853. The zero-order valence-electron chi connectivity index (χ0n) is 7.38. The van der Waals surface area contributed by atoms with Crippen molar-refractivity contribution in [3.63, 3.8) is 0 Å². The Morgan fingerprint density at radius 3 is 2.83 bits per heavy atom. The van der Waals surface area contributed by atoms with E-state index in [1.807, 2.05) is 11.8 Å². The van der Waals surface area contributed by atoms with Gasteiger partial charge >= 0.3 is 0 Å². The van der Waals surface area contributed by atoms with Crippen LogP contribution in [0.15, 0.2) is 0 Å². The Morgan fingerprint density at radius 1 is 1.42 bits per heavy atom. The van der Waals surface area contributed by atoms with E-state index in [9.17, 15) is 0 Å². The molecule has 0 atom stereocenters. The minimum Gasteiger partial charge on any atom is -0.314 e. The van der Waals surface area contributed by atoms with Crippen LogP contribution in [-0.2, 0) is 0 Å². The molecule has 0 aromatic rings. The Hall–Kier alpha value is -0.170. The highest BCUT2D eigenvalue weighted by Gasteiger charge is 2.07. The second-order valence-electron chi connectivity index (χ2n) is 2.85. The molecule has 1 N–H and O–H groups in total. The maximum absolute atomic E-state index is 5.15. The third kappa shape index (κ3) is 4.01. The van der Waals surface area contributed by atoms with Gasteiger partial charge in [0.15, 0.2) is 0 Å². The predicted octanol–water partition coefficient (Wildman–Crippen LogP) is 0.258. The predicted molar refractivity (Wildman–Crippen MR) is 55.5 cm³/mol. The number of hydrogen-bond donors (Lipinski definition) is 1. The zero-order valence-corrected chi connectivity index (χ0v) is 8.20. The van der Waals surface area contributed by atoms with Gasteiger partial charge in [0.25, 0.3) is 0 Å². The van der Waals surface area contributed by atoms with E-state index in [1.165, 1.54) is 25.4 Å². The average Bonchev–Trinajstić information content (AvgIpc) is 2.14. The lowest BCUT2D eigenvalue weighted by Crippen LogP contribution is -2.44. The molecule has 0 radical (unpaired) electrons. The number of nitrogens with one attached hydrogen (secondary N) is 1. The van der Waals surface area contributed by atoms with Crippen molar-refractivity contribution in [1.82, 2.24) is 10.2 Å². The second kappa shape index (κ2) is 6.36. The van der Waals surface area contributed by atoms with Gasteiger partial charge in [0.1, 0.15) is 0 Å². The molecule has 0 amide bonds. The third-order valence-electron chi connectivity index (χ3n) is 1.95. The number of piperazine rings is 1. The summed E-state index contributed by atoms with van der Waals surface area (Å²) in [6.45, 7) is 5.85. The van der Waals surface area contributed by atoms with E-state index in [0.717, 1.165) is 18.8 Å².